The van der Waals surface area contributed by atoms with Crippen LogP contribution >= 0.6 is 15.9 Å². The van der Waals surface area contributed by atoms with Gasteiger partial charge in [0, 0.05) is 5.82 Å². The highest BCUT2D eigenvalue weighted by Gasteiger charge is 2.54. The largest absolute Gasteiger partial charge is 0.503 e. The SMILES string of the molecule is CCOC(=O)CC(B1OC(C)(C)C(C)(C)O1)c1cc(Br)c(O)c(OCC)c1. The number of carbonyl (C=O) groups excluding carboxylic acids is 1. The zero-order valence-electron chi connectivity index (χ0n) is 16.8. The molecule has 1 aliphatic heterocycles. The van der Waals surface area contributed by atoms with Crippen LogP contribution in [-0.2, 0) is 18.8 Å². The molecule has 0 aromatic heterocycles. The summed E-state index contributed by atoms with van der Waals surface area (Å²) in [4.78, 5) is 12.2. The van der Waals surface area contributed by atoms with Crippen molar-refractivity contribution in [1.82, 2.24) is 0 Å². The van der Waals surface area contributed by atoms with Crippen LogP contribution in [-0.4, -0.2) is 42.6 Å². The molecule has 0 radical (unpaired) electrons. The number of esters is 1. The van der Waals surface area contributed by atoms with Crippen LogP contribution in [0.2, 0.25) is 0 Å². The topological polar surface area (TPSA) is 74.2 Å². The van der Waals surface area contributed by atoms with Crippen molar-refractivity contribution in [3.63, 3.8) is 0 Å². The van der Waals surface area contributed by atoms with Crippen molar-refractivity contribution in [2.24, 2.45) is 0 Å². The number of phenols is 1. The molecule has 150 valence electrons. The standard InChI is InChI=1S/C19H28BBrO6/c1-7-24-15-10-12(9-14(21)17(15)23)13(11-16(22)25-8-2)20-26-18(3,4)19(5,6)27-20/h9-10,13,23H,7-8,11H2,1-6H3. The molecule has 1 aromatic rings. The number of aromatic hydroxyl groups is 1. The lowest BCUT2D eigenvalue weighted by Gasteiger charge is -2.32. The molecule has 0 saturated carbocycles. The Balaban J connectivity index is 2.43. The van der Waals surface area contributed by atoms with Crippen LogP contribution < -0.4 is 4.74 Å². The summed E-state index contributed by atoms with van der Waals surface area (Å²) in [6.07, 6.45) is 0.0907. The average molecular weight is 443 g/mol. The minimum absolute atomic E-state index is 0.0180. The Morgan fingerprint density at radius 3 is 2.30 bits per heavy atom. The van der Waals surface area contributed by atoms with Crippen molar-refractivity contribution in [2.75, 3.05) is 13.2 Å². The molecule has 0 bridgehead atoms. The third kappa shape index (κ3) is 4.79. The zero-order chi connectivity index (χ0) is 20.4. The van der Waals surface area contributed by atoms with Gasteiger partial charge in [-0.2, -0.15) is 0 Å². The quantitative estimate of drug-likeness (QED) is 0.503. The van der Waals surface area contributed by atoms with Gasteiger partial charge >= 0.3 is 13.1 Å². The lowest BCUT2D eigenvalue weighted by molar-refractivity contribution is -0.143. The van der Waals surface area contributed by atoms with E-state index in [0.29, 0.717) is 23.4 Å². The van der Waals surface area contributed by atoms with Crippen LogP contribution in [0, 0.1) is 0 Å². The lowest BCUT2D eigenvalue weighted by Crippen LogP contribution is -2.41. The number of ether oxygens (including phenoxy) is 2. The molecule has 0 amide bonds. The Bertz CT molecular complexity index is 675. The molecule has 1 saturated heterocycles. The molecule has 27 heavy (non-hydrogen) atoms. The molecule has 1 unspecified atom stereocenters. The fourth-order valence-corrected chi connectivity index (χ4v) is 3.36. The van der Waals surface area contributed by atoms with E-state index in [1.165, 1.54) is 0 Å². The molecule has 8 heteroatoms. The van der Waals surface area contributed by atoms with Gasteiger partial charge in [0.1, 0.15) is 0 Å². The first-order chi connectivity index (χ1) is 12.5. The summed E-state index contributed by atoms with van der Waals surface area (Å²) in [5.41, 5.74) is -0.294. The van der Waals surface area contributed by atoms with Gasteiger partial charge in [0.15, 0.2) is 11.5 Å². The minimum Gasteiger partial charge on any atom is -0.503 e. The summed E-state index contributed by atoms with van der Waals surface area (Å²) in [5, 5.41) is 10.2. The Morgan fingerprint density at radius 2 is 1.78 bits per heavy atom. The van der Waals surface area contributed by atoms with E-state index in [9.17, 15) is 9.90 Å². The van der Waals surface area contributed by atoms with Crippen LogP contribution in [0.25, 0.3) is 0 Å². The van der Waals surface area contributed by atoms with Gasteiger partial charge in [0.2, 0.25) is 0 Å². The number of hydrogen-bond donors (Lipinski definition) is 1. The zero-order valence-corrected chi connectivity index (χ0v) is 18.4. The Labute approximate surface area is 169 Å². The number of carbonyl (C=O) groups is 1. The van der Waals surface area contributed by atoms with Crippen LogP contribution in [0.5, 0.6) is 11.5 Å². The highest BCUT2D eigenvalue weighted by molar-refractivity contribution is 9.10. The molecule has 1 fully saturated rings. The summed E-state index contributed by atoms with van der Waals surface area (Å²) in [6.45, 7) is 12.2. The maximum atomic E-state index is 12.2. The van der Waals surface area contributed by atoms with E-state index in [1.54, 1.807) is 19.1 Å². The Morgan fingerprint density at radius 1 is 1.19 bits per heavy atom. The third-order valence-electron chi connectivity index (χ3n) is 5.07. The smallest absolute Gasteiger partial charge is 0.466 e. The lowest BCUT2D eigenvalue weighted by atomic mass is 9.66. The molecular formula is C19H28BBrO6. The highest BCUT2D eigenvalue weighted by atomic mass is 79.9. The van der Waals surface area contributed by atoms with Gasteiger partial charge < -0.3 is 23.9 Å². The molecule has 1 aliphatic rings. The minimum atomic E-state index is -0.634. The fraction of sp³-hybridized carbons (Fsp3) is 0.632. The maximum Gasteiger partial charge on any atom is 0.466 e. The Hall–Kier alpha value is -1.25. The van der Waals surface area contributed by atoms with Crippen LogP contribution in [0.3, 0.4) is 0 Å². The van der Waals surface area contributed by atoms with E-state index in [-0.39, 0.29) is 18.1 Å². The van der Waals surface area contributed by atoms with Crippen LogP contribution in [0.1, 0.15) is 59.3 Å². The van der Waals surface area contributed by atoms with E-state index in [1.807, 2.05) is 34.6 Å². The van der Waals surface area contributed by atoms with Crippen molar-refractivity contribution in [3.8, 4) is 11.5 Å². The maximum absolute atomic E-state index is 12.2. The molecule has 2 rings (SSSR count). The summed E-state index contributed by atoms with van der Waals surface area (Å²) in [7, 11) is -0.634. The van der Waals surface area contributed by atoms with Gasteiger partial charge in [0.25, 0.3) is 0 Å². The second-order valence-corrected chi connectivity index (χ2v) is 8.38. The molecule has 1 aromatic carbocycles. The van der Waals surface area contributed by atoms with Crippen molar-refractivity contribution in [1.29, 1.82) is 0 Å². The first kappa shape index (κ1) is 22.0. The molecule has 6 nitrogen and oxygen atoms in total. The van der Waals surface area contributed by atoms with Gasteiger partial charge in [-0.1, -0.05) is 0 Å². The number of halogens is 1. The van der Waals surface area contributed by atoms with Crippen LogP contribution in [0.15, 0.2) is 16.6 Å². The second-order valence-electron chi connectivity index (χ2n) is 7.52. The normalized spacial score (nSPS) is 19.0. The van der Waals surface area contributed by atoms with Gasteiger partial charge in [-0.25, -0.2) is 0 Å². The van der Waals surface area contributed by atoms with E-state index in [2.05, 4.69) is 15.9 Å². The molecule has 1 heterocycles. The van der Waals surface area contributed by atoms with Gasteiger partial charge in [-0.05, 0) is 75.2 Å². The number of phenolic OH excluding ortho intramolecular Hbond substituents is 1. The molecule has 1 N–H and O–H groups in total. The number of rotatable bonds is 7. The highest BCUT2D eigenvalue weighted by Crippen LogP contribution is 2.44. The van der Waals surface area contributed by atoms with Gasteiger partial charge in [-0.3, -0.25) is 4.79 Å². The van der Waals surface area contributed by atoms with E-state index >= 15 is 0 Å². The fourth-order valence-electron chi connectivity index (χ4n) is 2.90. The van der Waals surface area contributed by atoms with Gasteiger partial charge in [0.05, 0.1) is 35.3 Å². The molecule has 0 aliphatic carbocycles. The first-order valence-corrected chi connectivity index (χ1v) is 9.98. The predicted octanol–water partition coefficient (Wildman–Crippen LogP) is 4.22. The third-order valence-corrected chi connectivity index (χ3v) is 5.68. The summed E-state index contributed by atoms with van der Waals surface area (Å²) in [5.74, 6) is -0.391. The summed E-state index contributed by atoms with van der Waals surface area (Å²) in [6, 6.07) is 3.48. The van der Waals surface area contributed by atoms with Crippen molar-refractivity contribution in [2.45, 2.75) is 65.0 Å². The predicted molar refractivity (Wildman–Crippen MR) is 107 cm³/mol. The van der Waals surface area contributed by atoms with Crippen molar-refractivity contribution >= 4 is 29.0 Å². The van der Waals surface area contributed by atoms with Crippen LogP contribution in [0.4, 0.5) is 0 Å². The van der Waals surface area contributed by atoms with Gasteiger partial charge in [-0.15, -0.1) is 0 Å². The second kappa shape index (κ2) is 8.41. The number of hydrogen-bond acceptors (Lipinski definition) is 6. The number of benzene rings is 1. The van der Waals surface area contributed by atoms with Crippen molar-refractivity contribution in [3.05, 3.63) is 22.2 Å². The average Bonchev–Trinajstić information content (AvgIpc) is 2.77. The molecule has 1 atom stereocenters. The Kier molecular flexibility index (Phi) is 6.87. The van der Waals surface area contributed by atoms with Crippen molar-refractivity contribution < 1.29 is 28.7 Å². The first-order valence-electron chi connectivity index (χ1n) is 9.18. The summed E-state index contributed by atoms with van der Waals surface area (Å²) < 4.78 is 23.5. The van der Waals surface area contributed by atoms with E-state index in [0.717, 1.165) is 5.56 Å². The van der Waals surface area contributed by atoms with E-state index in [4.69, 9.17) is 18.8 Å². The molecular weight excluding hydrogens is 415 g/mol. The molecule has 0 spiro atoms. The summed E-state index contributed by atoms with van der Waals surface area (Å²) >= 11 is 3.36. The monoisotopic (exact) mass is 442 g/mol. The van der Waals surface area contributed by atoms with E-state index < -0.39 is 24.1 Å².